The van der Waals surface area contributed by atoms with E-state index < -0.39 is 23.1 Å². The van der Waals surface area contributed by atoms with Crippen molar-refractivity contribution in [3.8, 4) is 6.07 Å². The second-order valence-corrected chi connectivity index (χ2v) is 5.76. The first-order valence-corrected chi connectivity index (χ1v) is 6.17. The van der Waals surface area contributed by atoms with Gasteiger partial charge in [-0.3, -0.25) is 4.79 Å². The van der Waals surface area contributed by atoms with Gasteiger partial charge in [-0.25, -0.2) is 4.79 Å². The van der Waals surface area contributed by atoms with E-state index in [0.717, 1.165) is 0 Å². The number of nitrogens with zero attached hydrogens (tertiary/aromatic N) is 2. The molecule has 0 spiro atoms. The zero-order chi connectivity index (χ0) is 14.7. The van der Waals surface area contributed by atoms with Crippen LogP contribution >= 0.6 is 0 Å². The van der Waals surface area contributed by atoms with Crippen molar-refractivity contribution < 1.29 is 19.1 Å². The zero-order valence-electron chi connectivity index (χ0n) is 11.9. The van der Waals surface area contributed by atoms with Crippen molar-refractivity contribution in [2.75, 3.05) is 20.2 Å². The Labute approximate surface area is 113 Å². The number of hydrogen-bond donors (Lipinski definition) is 0. The third-order valence-electron chi connectivity index (χ3n) is 3.04. The highest BCUT2D eigenvalue weighted by Gasteiger charge is 2.47. The molecule has 0 radical (unpaired) electrons. The van der Waals surface area contributed by atoms with Crippen LogP contribution in [0.1, 0.15) is 33.6 Å². The van der Waals surface area contributed by atoms with Crippen molar-refractivity contribution in [3.63, 3.8) is 0 Å². The lowest BCUT2D eigenvalue weighted by molar-refractivity contribution is -0.151. The molecule has 6 nitrogen and oxygen atoms in total. The predicted octanol–water partition coefficient (Wildman–Crippen LogP) is 1.70. The predicted molar refractivity (Wildman–Crippen MR) is 67.1 cm³/mol. The molecule has 1 saturated heterocycles. The van der Waals surface area contributed by atoms with Gasteiger partial charge < -0.3 is 14.4 Å². The Morgan fingerprint density at radius 3 is 2.53 bits per heavy atom. The highest BCUT2D eigenvalue weighted by Crippen LogP contribution is 2.35. The summed E-state index contributed by atoms with van der Waals surface area (Å²) in [6.45, 7) is 5.91. The molecule has 0 aliphatic carbocycles. The number of carbonyl (C=O) groups excluding carboxylic acids is 2. The SMILES string of the molecule is COC(=O)C1(CC#N)CCN(C(=O)OC(C)(C)C)C1. The third-order valence-corrected chi connectivity index (χ3v) is 3.04. The fourth-order valence-electron chi connectivity index (χ4n) is 2.11. The van der Waals surface area contributed by atoms with Crippen LogP contribution in [-0.4, -0.2) is 42.8 Å². The normalized spacial score (nSPS) is 22.8. The van der Waals surface area contributed by atoms with Crippen LogP contribution in [0.2, 0.25) is 0 Å². The molecular formula is C13H20N2O4. The molecule has 0 aromatic heterocycles. The highest BCUT2D eigenvalue weighted by atomic mass is 16.6. The summed E-state index contributed by atoms with van der Waals surface area (Å²) >= 11 is 0. The standard InChI is InChI=1S/C13H20N2O4/c1-12(2,3)19-11(17)15-8-6-13(9-15,5-7-14)10(16)18-4/h5-6,8-9H2,1-4H3. The van der Waals surface area contributed by atoms with Crippen LogP contribution in [0.4, 0.5) is 4.79 Å². The minimum atomic E-state index is -0.916. The highest BCUT2D eigenvalue weighted by molar-refractivity contribution is 5.79. The van der Waals surface area contributed by atoms with Gasteiger partial charge in [-0.15, -0.1) is 0 Å². The number of carbonyl (C=O) groups is 2. The molecule has 19 heavy (non-hydrogen) atoms. The largest absolute Gasteiger partial charge is 0.469 e. The average Bonchev–Trinajstić information content (AvgIpc) is 2.72. The van der Waals surface area contributed by atoms with Gasteiger partial charge in [-0.2, -0.15) is 5.26 Å². The molecular weight excluding hydrogens is 248 g/mol. The Hall–Kier alpha value is -1.77. The quantitative estimate of drug-likeness (QED) is 0.712. The molecule has 6 heteroatoms. The average molecular weight is 268 g/mol. The van der Waals surface area contributed by atoms with E-state index in [1.54, 1.807) is 20.8 Å². The maximum atomic E-state index is 11.9. The van der Waals surface area contributed by atoms with Crippen molar-refractivity contribution >= 4 is 12.1 Å². The van der Waals surface area contributed by atoms with E-state index in [9.17, 15) is 9.59 Å². The Bertz CT molecular complexity index is 408. The van der Waals surface area contributed by atoms with Crippen LogP contribution in [-0.2, 0) is 14.3 Å². The van der Waals surface area contributed by atoms with Gasteiger partial charge in [0.25, 0.3) is 0 Å². The van der Waals surface area contributed by atoms with Gasteiger partial charge in [0.1, 0.15) is 11.0 Å². The summed E-state index contributed by atoms with van der Waals surface area (Å²) in [5.74, 6) is -0.444. The molecule has 0 aromatic carbocycles. The summed E-state index contributed by atoms with van der Waals surface area (Å²) in [4.78, 5) is 25.2. The second-order valence-electron chi connectivity index (χ2n) is 5.76. The summed E-state index contributed by atoms with van der Waals surface area (Å²) in [6, 6.07) is 1.99. The number of methoxy groups -OCH3 is 1. The van der Waals surface area contributed by atoms with Crippen LogP contribution in [0, 0.1) is 16.7 Å². The third kappa shape index (κ3) is 3.60. The monoisotopic (exact) mass is 268 g/mol. The Morgan fingerprint density at radius 2 is 2.05 bits per heavy atom. The van der Waals surface area contributed by atoms with E-state index in [-0.39, 0.29) is 13.0 Å². The van der Waals surface area contributed by atoms with Gasteiger partial charge in [-0.05, 0) is 27.2 Å². The molecule has 0 saturated carbocycles. The molecule has 1 fully saturated rings. The first-order valence-electron chi connectivity index (χ1n) is 6.17. The van der Waals surface area contributed by atoms with Gasteiger partial charge in [0.05, 0.1) is 19.6 Å². The second kappa shape index (κ2) is 5.47. The summed E-state index contributed by atoms with van der Waals surface area (Å²) < 4.78 is 10.0. The van der Waals surface area contributed by atoms with Gasteiger partial charge in [-0.1, -0.05) is 0 Å². The first-order chi connectivity index (χ1) is 8.74. The number of likely N-dealkylation sites (tertiary alicyclic amines) is 1. The fraction of sp³-hybridized carbons (Fsp3) is 0.769. The molecule has 1 unspecified atom stereocenters. The lowest BCUT2D eigenvalue weighted by Gasteiger charge is -2.26. The maximum Gasteiger partial charge on any atom is 0.410 e. The molecule has 1 rings (SSSR count). The van der Waals surface area contributed by atoms with Crippen LogP contribution in [0.5, 0.6) is 0 Å². The van der Waals surface area contributed by atoms with E-state index in [2.05, 4.69) is 0 Å². The van der Waals surface area contributed by atoms with Gasteiger partial charge in [0.15, 0.2) is 0 Å². The van der Waals surface area contributed by atoms with E-state index in [1.165, 1.54) is 12.0 Å². The Balaban J connectivity index is 2.77. The zero-order valence-corrected chi connectivity index (χ0v) is 11.9. The van der Waals surface area contributed by atoms with E-state index in [4.69, 9.17) is 14.7 Å². The molecule has 1 aliphatic rings. The molecule has 1 aliphatic heterocycles. The lowest BCUT2D eigenvalue weighted by Crippen LogP contribution is -2.39. The summed E-state index contributed by atoms with van der Waals surface area (Å²) in [6.07, 6.45) is 0.00190. The number of ether oxygens (including phenoxy) is 2. The van der Waals surface area contributed by atoms with Crippen molar-refractivity contribution in [2.24, 2.45) is 5.41 Å². The van der Waals surface area contributed by atoms with Crippen LogP contribution in [0.25, 0.3) is 0 Å². The van der Waals surface area contributed by atoms with Crippen LogP contribution in [0.3, 0.4) is 0 Å². The number of esters is 1. The summed E-state index contributed by atoms with van der Waals surface area (Å²) in [5.41, 5.74) is -1.50. The molecule has 1 atom stereocenters. The molecule has 0 aromatic rings. The number of nitriles is 1. The topological polar surface area (TPSA) is 79.6 Å². The van der Waals surface area contributed by atoms with Crippen molar-refractivity contribution in [1.82, 2.24) is 4.90 Å². The molecule has 0 N–H and O–H groups in total. The van der Waals surface area contributed by atoms with E-state index >= 15 is 0 Å². The van der Waals surface area contributed by atoms with Crippen LogP contribution in [0.15, 0.2) is 0 Å². The smallest absolute Gasteiger partial charge is 0.410 e. The molecule has 1 heterocycles. The first kappa shape index (κ1) is 15.3. The minimum absolute atomic E-state index is 0.0406. The van der Waals surface area contributed by atoms with E-state index in [0.29, 0.717) is 13.0 Å². The minimum Gasteiger partial charge on any atom is -0.469 e. The van der Waals surface area contributed by atoms with Gasteiger partial charge in [0.2, 0.25) is 0 Å². The number of amides is 1. The van der Waals surface area contributed by atoms with Gasteiger partial charge in [0, 0.05) is 13.1 Å². The van der Waals surface area contributed by atoms with Crippen molar-refractivity contribution in [3.05, 3.63) is 0 Å². The molecule has 106 valence electrons. The van der Waals surface area contributed by atoms with Crippen LogP contribution < -0.4 is 0 Å². The van der Waals surface area contributed by atoms with E-state index in [1.807, 2.05) is 6.07 Å². The lowest BCUT2D eigenvalue weighted by atomic mass is 9.84. The fourth-order valence-corrected chi connectivity index (χ4v) is 2.11. The Morgan fingerprint density at radius 1 is 1.42 bits per heavy atom. The molecule has 1 amide bonds. The number of hydrogen-bond acceptors (Lipinski definition) is 5. The molecule has 0 bridgehead atoms. The van der Waals surface area contributed by atoms with Crippen molar-refractivity contribution in [2.45, 2.75) is 39.2 Å². The number of rotatable bonds is 2. The van der Waals surface area contributed by atoms with Crippen molar-refractivity contribution in [1.29, 1.82) is 5.26 Å². The summed E-state index contributed by atoms with van der Waals surface area (Å²) in [5, 5.41) is 8.86. The maximum absolute atomic E-state index is 11.9. The van der Waals surface area contributed by atoms with Gasteiger partial charge >= 0.3 is 12.1 Å². The summed E-state index contributed by atoms with van der Waals surface area (Å²) in [7, 11) is 1.29. The Kier molecular flexibility index (Phi) is 4.40.